The Morgan fingerprint density at radius 1 is 0.778 bits per heavy atom. The van der Waals surface area contributed by atoms with Gasteiger partial charge in [-0.3, -0.25) is 14.4 Å². The largest absolute Gasteiger partial charge is 0.481 e. The van der Waals surface area contributed by atoms with Gasteiger partial charge >= 0.3 is 5.97 Å². The molecule has 0 aliphatic rings. The van der Waals surface area contributed by atoms with Crippen LogP contribution in [0, 0.1) is 0 Å². The monoisotopic (exact) mass is 489 g/mol. The molecule has 4 N–H and O–H groups in total. The Morgan fingerprint density at radius 3 is 2.14 bits per heavy atom. The number of carboxylic acid groups (broad SMARTS) is 1. The van der Waals surface area contributed by atoms with Crippen LogP contribution in [0.25, 0.3) is 11.1 Å². The number of anilines is 1. The number of amides is 2. The Kier molecular flexibility index (Phi) is 10.4. The fourth-order valence-corrected chi connectivity index (χ4v) is 3.60. The Labute approximate surface area is 210 Å². The lowest BCUT2D eigenvalue weighted by Crippen LogP contribution is -2.38. The molecule has 1 atom stereocenters. The quantitative estimate of drug-likeness (QED) is 0.256. The van der Waals surface area contributed by atoms with Gasteiger partial charge in [0.05, 0.1) is 12.3 Å². The fourth-order valence-electron chi connectivity index (χ4n) is 3.60. The van der Waals surface area contributed by atoms with Gasteiger partial charge in [-0.15, -0.1) is 0 Å². The van der Waals surface area contributed by atoms with Crippen LogP contribution < -0.4 is 16.0 Å². The maximum absolute atomic E-state index is 13.0. The second-order valence-corrected chi connectivity index (χ2v) is 8.24. The molecule has 188 valence electrons. The maximum atomic E-state index is 13.0. The molecule has 3 rings (SSSR count). The molecule has 3 aromatic rings. The minimum Gasteiger partial charge on any atom is -0.481 e. The molecular weight excluding hydrogens is 458 g/mol. The molecule has 0 radical (unpaired) electrons. The summed E-state index contributed by atoms with van der Waals surface area (Å²) in [4.78, 5) is 44.1. The van der Waals surface area contributed by atoms with Crippen LogP contribution in [0.15, 0.2) is 73.1 Å². The van der Waals surface area contributed by atoms with Crippen LogP contribution in [0.5, 0.6) is 0 Å². The number of unbranched alkanes of at least 4 members (excludes halogenated alkanes) is 1. The molecule has 0 bridgehead atoms. The molecule has 0 fully saturated rings. The highest BCUT2D eigenvalue weighted by molar-refractivity contribution is 5.86. The first kappa shape index (κ1) is 26.3. The van der Waals surface area contributed by atoms with E-state index in [1.54, 1.807) is 18.5 Å². The highest BCUT2D eigenvalue weighted by Crippen LogP contribution is 2.23. The molecule has 36 heavy (non-hydrogen) atoms. The van der Waals surface area contributed by atoms with Gasteiger partial charge in [-0.25, -0.2) is 9.97 Å². The molecule has 9 nitrogen and oxygen atoms in total. The first-order valence-corrected chi connectivity index (χ1v) is 12.0. The third-order valence-electron chi connectivity index (χ3n) is 5.56. The fraction of sp³-hybridized carbons (Fsp3) is 0.296. The second kappa shape index (κ2) is 14.2. The number of rotatable bonds is 14. The number of benzene rings is 2. The summed E-state index contributed by atoms with van der Waals surface area (Å²) < 4.78 is 0. The zero-order valence-corrected chi connectivity index (χ0v) is 20.0. The summed E-state index contributed by atoms with van der Waals surface area (Å²) in [5.41, 5.74) is 2.87. The zero-order chi connectivity index (χ0) is 25.6. The highest BCUT2D eigenvalue weighted by Gasteiger charge is 2.21. The predicted molar refractivity (Wildman–Crippen MR) is 137 cm³/mol. The van der Waals surface area contributed by atoms with Gasteiger partial charge in [0.1, 0.15) is 0 Å². The van der Waals surface area contributed by atoms with E-state index in [2.05, 4.69) is 25.9 Å². The summed E-state index contributed by atoms with van der Waals surface area (Å²) >= 11 is 0. The Balaban J connectivity index is 1.55. The summed E-state index contributed by atoms with van der Waals surface area (Å²) in [6.45, 7) is 1.26. The van der Waals surface area contributed by atoms with Gasteiger partial charge in [-0.2, -0.15) is 0 Å². The summed E-state index contributed by atoms with van der Waals surface area (Å²) in [6.07, 6.45) is 4.54. The van der Waals surface area contributed by atoms with Crippen LogP contribution in [-0.4, -0.2) is 52.5 Å². The third-order valence-corrected chi connectivity index (χ3v) is 5.56. The Morgan fingerprint density at radius 2 is 1.44 bits per heavy atom. The summed E-state index contributed by atoms with van der Waals surface area (Å²) in [6, 6.07) is 19.4. The van der Waals surface area contributed by atoms with Crippen molar-refractivity contribution in [2.24, 2.45) is 0 Å². The van der Waals surface area contributed by atoms with E-state index < -0.39 is 17.8 Å². The van der Waals surface area contributed by atoms with Crippen molar-refractivity contribution >= 4 is 23.7 Å². The second-order valence-electron chi connectivity index (χ2n) is 8.24. The van der Waals surface area contributed by atoms with Crippen molar-refractivity contribution in [2.75, 3.05) is 25.0 Å². The van der Waals surface area contributed by atoms with E-state index in [0.717, 1.165) is 29.5 Å². The number of carbonyl (C=O) groups is 3. The molecule has 0 aliphatic carbocycles. The molecule has 0 saturated heterocycles. The average Bonchev–Trinajstić information content (AvgIpc) is 2.91. The molecule has 0 saturated carbocycles. The SMILES string of the molecule is O=C(O)CCC(=O)NC[C@@H](C(=O)NCCCCNc1ncccn1)c1ccc(-c2ccccc2)cc1. The lowest BCUT2D eigenvalue weighted by molar-refractivity contribution is -0.139. The van der Waals surface area contributed by atoms with Gasteiger partial charge in [0.15, 0.2) is 0 Å². The first-order chi connectivity index (χ1) is 17.5. The molecule has 2 amide bonds. The zero-order valence-electron chi connectivity index (χ0n) is 20.0. The van der Waals surface area contributed by atoms with Gasteiger partial charge in [-0.05, 0) is 35.6 Å². The minimum atomic E-state index is -1.04. The van der Waals surface area contributed by atoms with Gasteiger partial charge < -0.3 is 21.1 Å². The molecule has 1 heterocycles. The maximum Gasteiger partial charge on any atom is 0.303 e. The van der Waals surface area contributed by atoms with Crippen molar-refractivity contribution in [3.63, 3.8) is 0 Å². The lowest BCUT2D eigenvalue weighted by Gasteiger charge is -2.18. The number of hydrogen-bond donors (Lipinski definition) is 4. The summed E-state index contributed by atoms with van der Waals surface area (Å²) in [5.74, 6) is -1.66. The van der Waals surface area contributed by atoms with Crippen molar-refractivity contribution in [1.29, 1.82) is 0 Å². The van der Waals surface area contributed by atoms with Crippen LogP contribution in [0.1, 0.15) is 37.2 Å². The van der Waals surface area contributed by atoms with Crippen molar-refractivity contribution in [2.45, 2.75) is 31.6 Å². The van der Waals surface area contributed by atoms with Gasteiger partial charge in [-0.1, -0.05) is 54.6 Å². The predicted octanol–water partition coefficient (Wildman–Crippen LogP) is 3.22. The molecule has 9 heteroatoms. The number of hydrogen-bond acceptors (Lipinski definition) is 6. The lowest BCUT2D eigenvalue weighted by atomic mass is 9.95. The van der Waals surface area contributed by atoms with E-state index in [0.29, 0.717) is 19.0 Å². The van der Waals surface area contributed by atoms with Crippen LogP contribution in [0.4, 0.5) is 5.95 Å². The van der Waals surface area contributed by atoms with Crippen molar-refractivity contribution < 1.29 is 19.5 Å². The number of nitrogens with zero attached hydrogens (tertiary/aromatic N) is 2. The number of aromatic nitrogens is 2. The van der Waals surface area contributed by atoms with E-state index in [1.165, 1.54) is 0 Å². The molecular formula is C27H31N5O4. The number of aliphatic carboxylic acids is 1. The van der Waals surface area contributed by atoms with Crippen LogP contribution in [0.3, 0.4) is 0 Å². The summed E-state index contributed by atoms with van der Waals surface area (Å²) in [5, 5.41) is 17.6. The van der Waals surface area contributed by atoms with E-state index in [-0.39, 0.29) is 25.3 Å². The molecule has 0 spiro atoms. The molecule has 1 aromatic heterocycles. The van der Waals surface area contributed by atoms with Crippen LogP contribution in [0.2, 0.25) is 0 Å². The summed E-state index contributed by atoms with van der Waals surface area (Å²) in [7, 11) is 0. The normalized spacial score (nSPS) is 11.3. The van der Waals surface area contributed by atoms with Crippen LogP contribution in [-0.2, 0) is 14.4 Å². The van der Waals surface area contributed by atoms with E-state index in [4.69, 9.17) is 5.11 Å². The van der Waals surface area contributed by atoms with Crippen molar-refractivity contribution in [3.05, 3.63) is 78.6 Å². The van der Waals surface area contributed by atoms with Crippen molar-refractivity contribution in [3.8, 4) is 11.1 Å². The molecule has 0 unspecified atom stereocenters. The van der Waals surface area contributed by atoms with Gasteiger partial charge in [0.25, 0.3) is 0 Å². The van der Waals surface area contributed by atoms with E-state index in [9.17, 15) is 14.4 Å². The average molecular weight is 490 g/mol. The Bertz CT molecular complexity index is 1110. The van der Waals surface area contributed by atoms with E-state index in [1.807, 2.05) is 54.6 Å². The third kappa shape index (κ3) is 8.83. The van der Waals surface area contributed by atoms with Gasteiger partial charge in [0.2, 0.25) is 17.8 Å². The smallest absolute Gasteiger partial charge is 0.303 e. The highest BCUT2D eigenvalue weighted by atomic mass is 16.4. The topological polar surface area (TPSA) is 133 Å². The van der Waals surface area contributed by atoms with Crippen LogP contribution >= 0.6 is 0 Å². The number of carbonyl (C=O) groups excluding carboxylic acids is 2. The number of carboxylic acids is 1. The standard InChI is InChI=1S/C27H31N5O4/c33-24(13-14-25(34)35)32-19-23(22-11-9-21(10-12-22)20-7-2-1-3-8-20)26(36)28-15-4-5-16-29-27-30-17-6-18-31-27/h1-3,6-12,17-18,23H,4-5,13-16,19H2,(H,28,36)(H,32,33)(H,34,35)(H,29,30,31)/t23-/m1/s1. The minimum absolute atomic E-state index is 0.0852. The number of nitrogens with one attached hydrogen (secondary N) is 3. The molecule has 2 aromatic carbocycles. The first-order valence-electron chi connectivity index (χ1n) is 12.0. The molecule has 0 aliphatic heterocycles. The van der Waals surface area contributed by atoms with Crippen molar-refractivity contribution in [1.82, 2.24) is 20.6 Å². The Hall–Kier alpha value is -4.27. The van der Waals surface area contributed by atoms with Gasteiger partial charge in [0, 0.05) is 38.4 Å². The van der Waals surface area contributed by atoms with E-state index >= 15 is 0 Å².